The quantitative estimate of drug-likeness (QED) is 0.723. The molecule has 1 fully saturated rings. The van der Waals surface area contributed by atoms with Crippen molar-refractivity contribution < 1.29 is 19.0 Å². The molecule has 1 aliphatic heterocycles. The van der Waals surface area contributed by atoms with Gasteiger partial charge in [-0.25, -0.2) is 0 Å². The number of amides is 1. The van der Waals surface area contributed by atoms with Gasteiger partial charge in [-0.1, -0.05) is 30.3 Å². The van der Waals surface area contributed by atoms with Crippen molar-refractivity contribution in [1.82, 2.24) is 4.90 Å². The predicted molar refractivity (Wildman–Crippen MR) is 83.6 cm³/mol. The summed E-state index contributed by atoms with van der Waals surface area (Å²) in [7, 11) is 3.25. The summed E-state index contributed by atoms with van der Waals surface area (Å²) < 4.78 is 16.1. The second kappa shape index (κ2) is 8.88. The Labute approximate surface area is 132 Å². The van der Waals surface area contributed by atoms with Crippen LogP contribution >= 0.6 is 0 Å². The van der Waals surface area contributed by atoms with Gasteiger partial charge in [-0.3, -0.25) is 4.79 Å². The third-order valence-electron chi connectivity index (χ3n) is 3.96. The Bertz CT molecular complexity index is 443. The van der Waals surface area contributed by atoms with Crippen molar-refractivity contribution in [2.75, 3.05) is 40.5 Å². The highest BCUT2D eigenvalue weighted by Crippen LogP contribution is 2.22. The molecule has 1 saturated heterocycles. The fourth-order valence-corrected chi connectivity index (χ4v) is 2.71. The number of hydrogen-bond acceptors (Lipinski definition) is 4. The lowest BCUT2D eigenvalue weighted by Crippen LogP contribution is -2.43. The lowest BCUT2D eigenvalue weighted by Gasteiger charge is -2.33. The van der Waals surface area contributed by atoms with Crippen LogP contribution in [0.25, 0.3) is 0 Å². The number of piperidine rings is 1. The minimum atomic E-state index is -0.521. The van der Waals surface area contributed by atoms with Gasteiger partial charge in [0, 0.05) is 27.3 Å². The average molecular weight is 307 g/mol. The van der Waals surface area contributed by atoms with E-state index in [-0.39, 0.29) is 12.0 Å². The van der Waals surface area contributed by atoms with E-state index in [1.807, 2.05) is 35.2 Å². The number of carbonyl (C=O) groups excluding carboxylic acids is 1. The Kier molecular flexibility index (Phi) is 6.83. The maximum atomic E-state index is 12.6. The van der Waals surface area contributed by atoms with Gasteiger partial charge in [-0.15, -0.1) is 0 Å². The molecule has 0 radical (unpaired) electrons. The molecule has 1 aliphatic rings. The number of benzene rings is 1. The summed E-state index contributed by atoms with van der Waals surface area (Å²) in [5.41, 5.74) is 0.897. The molecule has 5 nitrogen and oxygen atoms in total. The van der Waals surface area contributed by atoms with E-state index in [0.29, 0.717) is 26.3 Å². The van der Waals surface area contributed by atoms with E-state index in [1.165, 1.54) is 0 Å². The zero-order valence-corrected chi connectivity index (χ0v) is 13.4. The number of nitrogens with zero attached hydrogens (tertiary/aromatic N) is 1. The van der Waals surface area contributed by atoms with E-state index in [1.54, 1.807) is 14.2 Å². The van der Waals surface area contributed by atoms with Gasteiger partial charge in [-0.05, 0) is 18.4 Å². The number of rotatable bonds is 7. The normalized spacial score (nSPS) is 17.5. The van der Waals surface area contributed by atoms with Crippen LogP contribution in [0.5, 0.6) is 0 Å². The highest BCUT2D eigenvalue weighted by Gasteiger charge is 2.29. The third-order valence-corrected chi connectivity index (χ3v) is 3.96. The molecule has 1 amide bonds. The van der Waals surface area contributed by atoms with Crippen LogP contribution in [-0.2, 0) is 19.0 Å². The van der Waals surface area contributed by atoms with Gasteiger partial charge in [0.25, 0.3) is 5.91 Å². The molecule has 0 saturated carbocycles. The first-order valence-corrected chi connectivity index (χ1v) is 7.73. The van der Waals surface area contributed by atoms with Crippen LogP contribution in [-0.4, -0.2) is 57.4 Å². The molecule has 0 bridgehead atoms. The minimum Gasteiger partial charge on any atom is -0.382 e. The topological polar surface area (TPSA) is 48.0 Å². The molecule has 122 valence electrons. The molecule has 1 atom stereocenters. The lowest BCUT2D eigenvalue weighted by atomic mass is 10.0. The monoisotopic (exact) mass is 307 g/mol. The van der Waals surface area contributed by atoms with Gasteiger partial charge >= 0.3 is 0 Å². The molecule has 5 heteroatoms. The maximum absolute atomic E-state index is 12.6. The number of ether oxygens (including phenoxy) is 3. The van der Waals surface area contributed by atoms with Gasteiger partial charge in [0.2, 0.25) is 0 Å². The summed E-state index contributed by atoms with van der Waals surface area (Å²) >= 11 is 0. The van der Waals surface area contributed by atoms with E-state index < -0.39 is 6.10 Å². The van der Waals surface area contributed by atoms with Gasteiger partial charge in [0.1, 0.15) is 0 Å². The van der Waals surface area contributed by atoms with Crippen molar-refractivity contribution in [3.63, 3.8) is 0 Å². The van der Waals surface area contributed by atoms with Crippen molar-refractivity contribution in [2.24, 2.45) is 0 Å². The molecular weight excluding hydrogens is 282 g/mol. The largest absolute Gasteiger partial charge is 0.382 e. The van der Waals surface area contributed by atoms with E-state index >= 15 is 0 Å². The van der Waals surface area contributed by atoms with Crippen molar-refractivity contribution in [2.45, 2.75) is 25.0 Å². The van der Waals surface area contributed by atoms with Gasteiger partial charge in [-0.2, -0.15) is 0 Å². The zero-order valence-electron chi connectivity index (χ0n) is 13.4. The summed E-state index contributed by atoms with van der Waals surface area (Å²) in [5, 5.41) is 0. The summed E-state index contributed by atoms with van der Waals surface area (Å²) in [4.78, 5) is 14.5. The summed E-state index contributed by atoms with van der Waals surface area (Å²) in [5.74, 6) is 0.0315. The van der Waals surface area contributed by atoms with E-state index in [4.69, 9.17) is 14.2 Å². The van der Waals surface area contributed by atoms with Crippen LogP contribution in [0, 0.1) is 0 Å². The lowest BCUT2D eigenvalue weighted by molar-refractivity contribution is -0.145. The Hall–Kier alpha value is -1.43. The molecule has 1 heterocycles. The minimum absolute atomic E-state index is 0.0315. The number of hydrogen-bond donors (Lipinski definition) is 0. The molecule has 0 N–H and O–H groups in total. The maximum Gasteiger partial charge on any atom is 0.256 e. The molecule has 1 aromatic rings. The first-order valence-electron chi connectivity index (χ1n) is 7.73. The fourth-order valence-electron chi connectivity index (χ4n) is 2.71. The van der Waals surface area contributed by atoms with Crippen LogP contribution in [0.3, 0.4) is 0 Å². The molecule has 22 heavy (non-hydrogen) atoms. The predicted octanol–water partition coefficient (Wildman–Crippen LogP) is 2.03. The van der Waals surface area contributed by atoms with Crippen molar-refractivity contribution >= 4 is 5.91 Å². The number of methoxy groups -OCH3 is 2. The molecule has 0 unspecified atom stereocenters. The van der Waals surface area contributed by atoms with Crippen LogP contribution in [0.2, 0.25) is 0 Å². The molecule has 0 spiro atoms. The standard InChI is InChI=1S/C17H25NO4/c1-20-12-13-22-15-8-10-18(11-9-15)17(19)16(21-2)14-6-4-3-5-7-14/h3-7,15-16H,8-13H2,1-2H3/t16-/m1/s1. The first kappa shape index (κ1) is 16.9. The summed E-state index contributed by atoms with van der Waals surface area (Å²) in [6, 6.07) is 9.62. The Morgan fingerprint density at radius 2 is 1.86 bits per heavy atom. The zero-order chi connectivity index (χ0) is 15.8. The molecule has 0 aliphatic carbocycles. The first-order chi connectivity index (χ1) is 10.8. The fraction of sp³-hybridized carbons (Fsp3) is 0.588. The Balaban J connectivity index is 1.86. The smallest absolute Gasteiger partial charge is 0.256 e. The van der Waals surface area contributed by atoms with E-state index in [2.05, 4.69) is 0 Å². The van der Waals surface area contributed by atoms with E-state index in [9.17, 15) is 4.79 Å². The number of carbonyl (C=O) groups is 1. The molecule has 2 rings (SSSR count). The van der Waals surface area contributed by atoms with Crippen LogP contribution in [0.1, 0.15) is 24.5 Å². The van der Waals surface area contributed by atoms with Gasteiger partial charge < -0.3 is 19.1 Å². The molecule has 0 aromatic heterocycles. The summed E-state index contributed by atoms with van der Waals surface area (Å²) in [6.07, 6.45) is 1.42. The second-order valence-electron chi connectivity index (χ2n) is 5.41. The van der Waals surface area contributed by atoms with Gasteiger partial charge in [0.05, 0.1) is 19.3 Å². The number of likely N-dealkylation sites (tertiary alicyclic amines) is 1. The SMILES string of the molecule is COCCOC1CCN(C(=O)[C@H](OC)c2ccccc2)CC1. The Morgan fingerprint density at radius 1 is 1.18 bits per heavy atom. The third kappa shape index (κ3) is 4.53. The average Bonchev–Trinajstić information content (AvgIpc) is 2.57. The highest BCUT2D eigenvalue weighted by molar-refractivity contribution is 5.82. The molecular formula is C17H25NO4. The highest BCUT2D eigenvalue weighted by atomic mass is 16.5. The van der Waals surface area contributed by atoms with Crippen LogP contribution in [0.4, 0.5) is 0 Å². The second-order valence-corrected chi connectivity index (χ2v) is 5.41. The molecule has 1 aromatic carbocycles. The van der Waals surface area contributed by atoms with Gasteiger partial charge in [0.15, 0.2) is 6.10 Å². The van der Waals surface area contributed by atoms with Crippen molar-refractivity contribution in [3.05, 3.63) is 35.9 Å². The van der Waals surface area contributed by atoms with Crippen LogP contribution in [0.15, 0.2) is 30.3 Å². The van der Waals surface area contributed by atoms with Crippen molar-refractivity contribution in [1.29, 1.82) is 0 Å². The van der Waals surface area contributed by atoms with Crippen molar-refractivity contribution in [3.8, 4) is 0 Å². The van der Waals surface area contributed by atoms with E-state index in [0.717, 1.165) is 18.4 Å². The Morgan fingerprint density at radius 3 is 2.45 bits per heavy atom. The van der Waals surface area contributed by atoms with Crippen LogP contribution < -0.4 is 0 Å². The summed E-state index contributed by atoms with van der Waals surface area (Å²) in [6.45, 7) is 2.64.